The smallest absolute Gasteiger partial charge is 0.150 e. The van der Waals surface area contributed by atoms with E-state index in [-0.39, 0.29) is 0 Å². The first-order valence-electron chi connectivity index (χ1n) is 4.65. The predicted octanol–water partition coefficient (Wildman–Crippen LogP) is 1.92. The van der Waals surface area contributed by atoms with E-state index < -0.39 is 0 Å². The minimum Gasteiger partial charge on any atom is -0.308 e. The van der Waals surface area contributed by atoms with Crippen molar-refractivity contribution in [3.05, 3.63) is 23.7 Å². The van der Waals surface area contributed by atoms with E-state index in [0.29, 0.717) is 11.7 Å². The van der Waals surface area contributed by atoms with Crippen LogP contribution in [0.3, 0.4) is 0 Å². The van der Waals surface area contributed by atoms with Crippen LogP contribution < -0.4 is 11.3 Å². The fourth-order valence-electron chi connectivity index (χ4n) is 1.10. The molecule has 0 aromatic carbocycles. The SMILES string of the molecule is C/C=C\c1cnc(C(C)C)nc1NN. The van der Waals surface area contributed by atoms with Gasteiger partial charge in [-0.15, -0.1) is 0 Å². The molecule has 1 aromatic heterocycles. The number of aromatic nitrogens is 2. The van der Waals surface area contributed by atoms with Crippen molar-refractivity contribution in [3.63, 3.8) is 0 Å². The Kier molecular flexibility index (Phi) is 3.59. The monoisotopic (exact) mass is 192 g/mol. The molecule has 1 rings (SSSR count). The zero-order valence-electron chi connectivity index (χ0n) is 8.78. The quantitative estimate of drug-likeness (QED) is 0.567. The summed E-state index contributed by atoms with van der Waals surface area (Å²) in [6.45, 7) is 6.03. The van der Waals surface area contributed by atoms with Crippen LogP contribution in [-0.2, 0) is 0 Å². The molecule has 3 N–H and O–H groups in total. The van der Waals surface area contributed by atoms with Gasteiger partial charge in [-0.1, -0.05) is 26.0 Å². The summed E-state index contributed by atoms with van der Waals surface area (Å²) < 4.78 is 0. The van der Waals surface area contributed by atoms with Crippen LogP contribution in [0.1, 0.15) is 38.1 Å². The van der Waals surface area contributed by atoms with Gasteiger partial charge in [-0.2, -0.15) is 0 Å². The van der Waals surface area contributed by atoms with Crippen molar-refractivity contribution in [3.8, 4) is 0 Å². The molecule has 76 valence electrons. The lowest BCUT2D eigenvalue weighted by atomic mass is 10.2. The topological polar surface area (TPSA) is 63.8 Å². The summed E-state index contributed by atoms with van der Waals surface area (Å²) in [6.07, 6.45) is 5.62. The zero-order valence-corrected chi connectivity index (χ0v) is 8.78. The fourth-order valence-corrected chi connectivity index (χ4v) is 1.10. The molecule has 0 aliphatic carbocycles. The van der Waals surface area contributed by atoms with E-state index in [4.69, 9.17) is 5.84 Å². The van der Waals surface area contributed by atoms with Gasteiger partial charge in [0.05, 0.1) is 0 Å². The van der Waals surface area contributed by atoms with Gasteiger partial charge >= 0.3 is 0 Å². The Morgan fingerprint density at radius 3 is 2.71 bits per heavy atom. The lowest BCUT2D eigenvalue weighted by molar-refractivity contribution is 0.774. The first kappa shape index (κ1) is 10.7. The molecule has 0 spiro atoms. The van der Waals surface area contributed by atoms with Gasteiger partial charge in [0.2, 0.25) is 0 Å². The average Bonchev–Trinajstić information content (AvgIpc) is 2.18. The molecule has 4 nitrogen and oxygen atoms in total. The molecule has 1 heterocycles. The molecular formula is C10H16N4. The van der Waals surface area contributed by atoms with E-state index in [9.17, 15) is 0 Å². The Morgan fingerprint density at radius 2 is 2.21 bits per heavy atom. The minimum absolute atomic E-state index is 0.307. The summed E-state index contributed by atoms with van der Waals surface area (Å²) in [5.41, 5.74) is 3.48. The van der Waals surface area contributed by atoms with Crippen molar-refractivity contribution < 1.29 is 0 Å². The van der Waals surface area contributed by atoms with Crippen molar-refractivity contribution in [1.82, 2.24) is 9.97 Å². The Bertz CT molecular complexity index is 331. The van der Waals surface area contributed by atoms with Gasteiger partial charge in [-0.25, -0.2) is 15.8 Å². The maximum absolute atomic E-state index is 5.38. The number of nitrogens with zero attached hydrogens (tertiary/aromatic N) is 2. The van der Waals surface area contributed by atoms with Gasteiger partial charge in [0.1, 0.15) is 5.82 Å². The molecule has 14 heavy (non-hydrogen) atoms. The zero-order chi connectivity index (χ0) is 10.6. The third kappa shape index (κ3) is 2.29. The normalized spacial score (nSPS) is 11.2. The highest BCUT2D eigenvalue weighted by atomic mass is 15.3. The standard InChI is InChI=1S/C10H16N4/c1-4-5-8-6-12-9(7(2)3)13-10(8)14-11/h4-7H,11H2,1-3H3,(H,12,13,14)/b5-4-. The van der Waals surface area contributed by atoms with Crippen LogP contribution in [0, 0.1) is 0 Å². The Labute approximate surface area is 84.2 Å². The number of allylic oxidation sites excluding steroid dienone is 1. The van der Waals surface area contributed by atoms with E-state index >= 15 is 0 Å². The number of anilines is 1. The van der Waals surface area contributed by atoms with Crippen LogP contribution in [0.25, 0.3) is 6.08 Å². The summed E-state index contributed by atoms with van der Waals surface area (Å²) >= 11 is 0. The van der Waals surface area contributed by atoms with Crippen molar-refractivity contribution in [2.24, 2.45) is 5.84 Å². The number of hydrazine groups is 1. The van der Waals surface area contributed by atoms with Crippen molar-refractivity contribution in [1.29, 1.82) is 0 Å². The third-order valence-electron chi connectivity index (χ3n) is 1.84. The molecule has 0 atom stereocenters. The number of nitrogens with two attached hydrogens (primary N) is 1. The number of nitrogen functional groups attached to an aromatic ring is 1. The number of hydrogen-bond acceptors (Lipinski definition) is 4. The predicted molar refractivity (Wildman–Crippen MR) is 58.6 cm³/mol. The number of hydrogen-bond donors (Lipinski definition) is 2. The highest BCUT2D eigenvalue weighted by molar-refractivity contribution is 5.61. The maximum Gasteiger partial charge on any atom is 0.150 e. The molecule has 0 saturated carbocycles. The number of nitrogens with one attached hydrogen (secondary N) is 1. The second-order valence-electron chi connectivity index (χ2n) is 3.33. The highest BCUT2D eigenvalue weighted by Crippen LogP contribution is 2.16. The maximum atomic E-state index is 5.38. The van der Waals surface area contributed by atoms with Gasteiger partial charge in [-0.3, -0.25) is 0 Å². The fraction of sp³-hybridized carbons (Fsp3) is 0.400. The molecular weight excluding hydrogens is 176 g/mol. The molecule has 1 aromatic rings. The second kappa shape index (κ2) is 4.72. The highest BCUT2D eigenvalue weighted by Gasteiger charge is 2.06. The van der Waals surface area contributed by atoms with E-state index in [0.717, 1.165) is 11.4 Å². The molecule has 0 radical (unpaired) electrons. The van der Waals surface area contributed by atoms with Crippen molar-refractivity contribution in [2.45, 2.75) is 26.7 Å². The van der Waals surface area contributed by atoms with Crippen LogP contribution in [-0.4, -0.2) is 9.97 Å². The lowest BCUT2D eigenvalue weighted by Gasteiger charge is -2.08. The van der Waals surface area contributed by atoms with Crippen LogP contribution in [0.2, 0.25) is 0 Å². The van der Waals surface area contributed by atoms with E-state index in [1.807, 2.05) is 32.9 Å². The molecule has 0 saturated heterocycles. The van der Waals surface area contributed by atoms with Gasteiger partial charge in [0.25, 0.3) is 0 Å². The van der Waals surface area contributed by atoms with Crippen LogP contribution in [0.15, 0.2) is 12.3 Å². The lowest BCUT2D eigenvalue weighted by Crippen LogP contribution is -2.12. The van der Waals surface area contributed by atoms with E-state index in [1.54, 1.807) is 6.20 Å². The first-order chi connectivity index (χ1) is 6.69. The molecule has 0 aliphatic rings. The van der Waals surface area contributed by atoms with Gasteiger partial charge in [0.15, 0.2) is 5.82 Å². The Morgan fingerprint density at radius 1 is 1.50 bits per heavy atom. The van der Waals surface area contributed by atoms with Crippen molar-refractivity contribution >= 4 is 11.9 Å². The number of rotatable bonds is 3. The first-order valence-corrected chi connectivity index (χ1v) is 4.65. The minimum atomic E-state index is 0.307. The third-order valence-corrected chi connectivity index (χ3v) is 1.84. The van der Waals surface area contributed by atoms with Crippen LogP contribution >= 0.6 is 0 Å². The van der Waals surface area contributed by atoms with Crippen LogP contribution in [0.4, 0.5) is 5.82 Å². The average molecular weight is 192 g/mol. The Balaban J connectivity index is 3.11. The molecule has 0 aliphatic heterocycles. The molecule has 0 bridgehead atoms. The molecule has 0 unspecified atom stereocenters. The van der Waals surface area contributed by atoms with Gasteiger partial charge in [-0.05, 0) is 6.92 Å². The van der Waals surface area contributed by atoms with E-state index in [1.165, 1.54) is 0 Å². The Hall–Kier alpha value is -1.42. The summed E-state index contributed by atoms with van der Waals surface area (Å²) in [5.74, 6) is 7.15. The molecule has 0 amide bonds. The molecule has 0 fully saturated rings. The van der Waals surface area contributed by atoms with Gasteiger partial charge in [0, 0.05) is 17.7 Å². The summed E-state index contributed by atoms with van der Waals surface area (Å²) in [4.78, 5) is 8.56. The summed E-state index contributed by atoms with van der Waals surface area (Å²) in [6, 6.07) is 0. The van der Waals surface area contributed by atoms with Crippen molar-refractivity contribution in [2.75, 3.05) is 5.43 Å². The summed E-state index contributed by atoms with van der Waals surface area (Å²) in [7, 11) is 0. The second-order valence-corrected chi connectivity index (χ2v) is 3.33. The molecule has 4 heteroatoms. The largest absolute Gasteiger partial charge is 0.308 e. The van der Waals surface area contributed by atoms with Crippen LogP contribution in [0.5, 0.6) is 0 Å². The summed E-state index contributed by atoms with van der Waals surface area (Å²) in [5, 5.41) is 0. The van der Waals surface area contributed by atoms with E-state index in [2.05, 4.69) is 15.4 Å². The van der Waals surface area contributed by atoms with Gasteiger partial charge < -0.3 is 5.43 Å².